The van der Waals surface area contributed by atoms with E-state index in [-0.39, 0.29) is 12.3 Å². The third-order valence-electron chi connectivity index (χ3n) is 4.58. The molecule has 0 atom stereocenters. The number of carbonyl (C=O) groups is 1. The Kier molecular flexibility index (Phi) is 3.80. The van der Waals surface area contributed by atoms with Crippen molar-refractivity contribution < 1.29 is 4.79 Å². The molecule has 0 aliphatic rings. The first-order chi connectivity index (χ1) is 12.5. The summed E-state index contributed by atoms with van der Waals surface area (Å²) in [5.41, 5.74) is 10.4. The summed E-state index contributed by atoms with van der Waals surface area (Å²) in [5, 5.41) is 4.24. The molecule has 0 amide bonds. The fourth-order valence-corrected chi connectivity index (χ4v) is 2.99. The monoisotopic (exact) mass is 345 g/mol. The second-order valence-corrected chi connectivity index (χ2v) is 6.39. The van der Waals surface area contributed by atoms with Gasteiger partial charge in [-0.15, -0.1) is 5.10 Å². The van der Waals surface area contributed by atoms with E-state index in [1.165, 1.54) is 5.56 Å². The second kappa shape index (κ2) is 6.15. The van der Waals surface area contributed by atoms with Crippen LogP contribution >= 0.6 is 0 Å². The van der Waals surface area contributed by atoms with Gasteiger partial charge in [-0.3, -0.25) is 4.79 Å². The fraction of sp³-hybridized carbons (Fsp3) is 0.150. The van der Waals surface area contributed by atoms with E-state index in [0.717, 1.165) is 16.6 Å². The van der Waals surface area contributed by atoms with Gasteiger partial charge in [-0.2, -0.15) is 0 Å². The number of aryl methyl sites for hydroxylation is 2. The minimum atomic E-state index is 0.0256. The van der Waals surface area contributed by atoms with Crippen LogP contribution in [0.5, 0.6) is 0 Å². The summed E-state index contributed by atoms with van der Waals surface area (Å²) < 4.78 is 3.47. The van der Waals surface area contributed by atoms with Crippen molar-refractivity contribution in [3.05, 3.63) is 71.4 Å². The lowest BCUT2D eigenvalue weighted by molar-refractivity contribution is 0.0973. The Morgan fingerprint density at radius 1 is 1.08 bits per heavy atom. The lowest BCUT2D eigenvalue weighted by atomic mass is 10.0. The number of aromatic nitrogens is 4. The Labute approximate surface area is 150 Å². The molecule has 4 aromatic rings. The SMILES string of the molecule is Cc1ccc(C(=O)Cn2c(-n3ccc(N)n3)nc3ccccc32)cc1C. The number of imidazole rings is 1. The molecule has 0 saturated carbocycles. The molecule has 0 saturated heterocycles. The third kappa shape index (κ3) is 2.75. The molecular weight excluding hydrogens is 326 g/mol. The number of nitrogen functional groups attached to an aromatic ring is 1. The summed E-state index contributed by atoms with van der Waals surface area (Å²) in [7, 11) is 0. The number of rotatable bonds is 4. The zero-order chi connectivity index (χ0) is 18.3. The van der Waals surface area contributed by atoms with Crippen LogP contribution in [0.2, 0.25) is 0 Å². The fourth-order valence-electron chi connectivity index (χ4n) is 2.99. The molecule has 0 fully saturated rings. The summed E-state index contributed by atoms with van der Waals surface area (Å²) in [6, 6.07) is 15.2. The van der Waals surface area contributed by atoms with Gasteiger partial charge in [0.25, 0.3) is 0 Å². The average Bonchev–Trinajstić information content (AvgIpc) is 3.21. The number of hydrogen-bond donors (Lipinski definition) is 1. The van der Waals surface area contributed by atoms with Crippen molar-refractivity contribution in [1.82, 2.24) is 19.3 Å². The zero-order valence-corrected chi connectivity index (χ0v) is 14.7. The maximum atomic E-state index is 12.9. The zero-order valence-electron chi connectivity index (χ0n) is 14.7. The van der Waals surface area contributed by atoms with Crippen molar-refractivity contribution in [2.24, 2.45) is 0 Å². The van der Waals surface area contributed by atoms with Gasteiger partial charge >= 0.3 is 0 Å². The number of fused-ring (bicyclic) bond motifs is 1. The number of anilines is 1. The van der Waals surface area contributed by atoms with Crippen LogP contribution in [0.3, 0.4) is 0 Å². The molecule has 0 unspecified atom stereocenters. The Morgan fingerprint density at radius 3 is 2.62 bits per heavy atom. The molecule has 2 aromatic heterocycles. The van der Waals surface area contributed by atoms with Gasteiger partial charge in [-0.25, -0.2) is 9.67 Å². The maximum absolute atomic E-state index is 12.9. The van der Waals surface area contributed by atoms with Gasteiger partial charge in [-0.05, 0) is 43.2 Å². The van der Waals surface area contributed by atoms with E-state index in [1.807, 2.05) is 60.9 Å². The van der Waals surface area contributed by atoms with E-state index in [9.17, 15) is 4.79 Å². The Bertz CT molecular complexity index is 1120. The number of hydrogen-bond acceptors (Lipinski definition) is 4. The van der Waals surface area contributed by atoms with Gasteiger partial charge in [0.2, 0.25) is 5.95 Å². The first kappa shape index (κ1) is 16.1. The topological polar surface area (TPSA) is 78.7 Å². The molecule has 26 heavy (non-hydrogen) atoms. The standard InChI is InChI=1S/C20H19N5O/c1-13-7-8-15(11-14(13)2)18(26)12-24-17-6-4-3-5-16(17)22-20(24)25-10-9-19(21)23-25/h3-11H,12H2,1-2H3,(H2,21,23). The maximum Gasteiger partial charge on any atom is 0.232 e. The smallest absolute Gasteiger partial charge is 0.232 e. The Morgan fingerprint density at radius 2 is 1.88 bits per heavy atom. The third-order valence-corrected chi connectivity index (χ3v) is 4.58. The molecule has 0 spiro atoms. The van der Waals surface area contributed by atoms with Crippen LogP contribution in [0, 0.1) is 13.8 Å². The van der Waals surface area contributed by atoms with Crippen molar-refractivity contribution in [2.75, 3.05) is 5.73 Å². The molecule has 2 aromatic carbocycles. The summed E-state index contributed by atoms with van der Waals surface area (Å²) in [4.78, 5) is 17.5. The Balaban J connectivity index is 1.79. The molecule has 2 heterocycles. The number of nitrogens with two attached hydrogens (primary N) is 1. The molecule has 0 radical (unpaired) electrons. The van der Waals surface area contributed by atoms with Crippen LogP contribution < -0.4 is 5.73 Å². The minimum Gasteiger partial charge on any atom is -0.382 e. The highest BCUT2D eigenvalue weighted by Crippen LogP contribution is 2.20. The van der Waals surface area contributed by atoms with Crippen molar-refractivity contribution >= 4 is 22.6 Å². The van der Waals surface area contributed by atoms with E-state index >= 15 is 0 Å². The summed E-state index contributed by atoms with van der Waals surface area (Å²) >= 11 is 0. The average molecular weight is 345 g/mol. The lowest BCUT2D eigenvalue weighted by Gasteiger charge is -2.09. The number of carbonyl (C=O) groups excluding carboxylic acids is 1. The van der Waals surface area contributed by atoms with E-state index in [2.05, 4.69) is 10.1 Å². The van der Waals surface area contributed by atoms with E-state index in [0.29, 0.717) is 17.3 Å². The number of nitrogens with zero attached hydrogens (tertiary/aromatic N) is 4. The predicted molar refractivity (Wildman–Crippen MR) is 102 cm³/mol. The van der Waals surface area contributed by atoms with Crippen molar-refractivity contribution in [3.8, 4) is 5.95 Å². The van der Waals surface area contributed by atoms with Crippen LogP contribution in [-0.4, -0.2) is 25.1 Å². The van der Waals surface area contributed by atoms with Gasteiger partial charge in [0.05, 0.1) is 17.6 Å². The molecule has 4 rings (SSSR count). The minimum absolute atomic E-state index is 0.0256. The van der Waals surface area contributed by atoms with Gasteiger partial charge < -0.3 is 10.3 Å². The lowest BCUT2D eigenvalue weighted by Crippen LogP contribution is -2.15. The van der Waals surface area contributed by atoms with Crippen molar-refractivity contribution in [1.29, 1.82) is 0 Å². The normalized spacial score (nSPS) is 11.2. The number of ketones is 1. The predicted octanol–water partition coefficient (Wildman–Crippen LogP) is 3.30. The second-order valence-electron chi connectivity index (χ2n) is 6.39. The molecule has 0 aliphatic carbocycles. The van der Waals surface area contributed by atoms with Gasteiger partial charge in [0.1, 0.15) is 5.82 Å². The molecule has 6 heteroatoms. The molecule has 6 nitrogen and oxygen atoms in total. The molecule has 2 N–H and O–H groups in total. The van der Waals surface area contributed by atoms with Crippen LogP contribution in [-0.2, 0) is 6.54 Å². The number of benzene rings is 2. The first-order valence-electron chi connectivity index (χ1n) is 8.40. The van der Waals surface area contributed by atoms with Crippen LogP contribution in [0.15, 0.2) is 54.7 Å². The Hall–Kier alpha value is -3.41. The molecule has 0 bridgehead atoms. The van der Waals surface area contributed by atoms with Gasteiger partial charge in [-0.1, -0.05) is 24.3 Å². The first-order valence-corrected chi connectivity index (χ1v) is 8.40. The van der Waals surface area contributed by atoms with E-state index in [1.54, 1.807) is 16.9 Å². The van der Waals surface area contributed by atoms with Crippen LogP contribution in [0.4, 0.5) is 5.82 Å². The van der Waals surface area contributed by atoms with Crippen LogP contribution in [0.1, 0.15) is 21.5 Å². The van der Waals surface area contributed by atoms with Crippen LogP contribution in [0.25, 0.3) is 17.0 Å². The van der Waals surface area contributed by atoms with Gasteiger partial charge in [0, 0.05) is 17.8 Å². The number of para-hydroxylation sites is 2. The van der Waals surface area contributed by atoms with E-state index in [4.69, 9.17) is 5.73 Å². The summed E-state index contributed by atoms with van der Waals surface area (Å²) in [6.07, 6.45) is 1.74. The van der Waals surface area contributed by atoms with Crippen molar-refractivity contribution in [3.63, 3.8) is 0 Å². The molecular formula is C20H19N5O. The van der Waals surface area contributed by atoms with E-state index < -0.39 is 0 Å². The number of Topliss-reactive ketones (excluding diaryl/α,β-unsaturated/α-hetero) is 1. The van der Waals surface area contributed by atoms with Gasteiger partial charge in [0.15, 0.2) is 5.78 Å². The highest BCUT2D eigenvalue weighted by molar-refractivity contribution is 5.97. The largest absolute Gasteiger partial charge is 0.382 e. The quantitative estimate of drug-likeness (QED) is 0.576. The highest BCUT2D eigenvalue weighted by Gasteiger charge is 2.17. The summed E-state index contributed by atoms with van der Waals surface area (Å²) in [5.74, 6) is 1.00. The van der Waals surface area contributed by atoms with Crippen molar-refractivity contribution in [2.45, 2.75) is 20.4 Å². The highest BCUT2D eigenvalue weighted by atomic mass is 16.1. The molecule has 130 valence electrons. The summed E-state index contributed by atoms with van der Waals surface area (Å²) in [6.45, 7) is 4.22. The molecule has 0 aliphatic heterocycles.